The number of benzene rings is 2. The Bertz CT molecular complexity index is 1040. The molecule has 0 aliphatic carbocycles. The van der Waals surface area contributed by atoms with Crippen molar-refractivity contribution in [2.75, 3.05) is 25.0 Å². The summed E-state index contributed by atoms with van der Waals surface area (Å²) in [6, 6.07) is 16.5. The number of aromatic nitrogens is 2. The fourth-order valence-corrected chi connectivity index (χ4v) is 5.27. The minimum atomic E-state index is 0.486. The molecule has 1 fully saturated rings. The molecule has 1 N–H and O–H groups in total. The average Bonchev–Trinajstić information content (AvgIpc) is 2.98. The molecule has 2 aliphatic rings. The van der Waals surface area contributed by atoms with Crippen molar-refractivity contribution in [2.45, 2.75) is 44.6 Å². The van der Waals surface area contributed by atoms with Crippen molar-refractivity contribution in [1.82, 2.24) is 14.7 Å². The van der Waals surface area contributed by atoms with Crippen LogP contribution >= 0.6 is 23.2 Å². The number of nitrogens with zero attached hydrogens (tertiary/aromatic N) is 3. The lowest BCUT2D eigenvalue weighted by Crippen LogP contribution is -2.32. The van der Waals surface area contributed by atoms with Gasteiger partial charge >= 0.3 is 0 Å². The van der Waals surface area contributed by atoms with Crippen LogP contribution in [0, 0.1) is 0 Å². The van der Waals surface area contributed by atoms with E-state index in [1.165, 1.54) is 29.7 Å². The standard InChI is InChI=1S/C25H28Cl2N4/c26-21-10-6-11-22(23(21)27)31-25-20(9-4-5-14-28-25)24(29-31)19-12-15-30(16-13-19)17-18-7-2-1-3-8-18/h1-3,6-8,10-11,19,28H,4-5,9,12-17H2. The lowest BCUT2D eigenvalue weighted by molar-refractivity contribution is 0.203. The van der Waals surface area contributed by atoms with Gasteiger partial charge in [-0.2, -0.15) is 5.10 Å². The third-order valence-corrected chi connectivity index (χ3v) is 7.35. The van der Waals surface area contributed by atoms with E-state index in [4.69, 9.17) is 28.3 Å². The van der Waals surface area contributed by atoms with Crippen molar-refractivity contribution in [2.24, 2.45) is 0 Å². The van der Waals surface area contributed by atoms with Gasteiger partial charge in [-0.25, -0.2) is 4.68 Å². The van der Waals surface area contributed by atoms with Gasteiger partial charge in [0.25, 0.3) is 0 Å². The van der Waals surface area contributed by atoms with E-state index in [9.17, 15) is 0 Å². The van der Waals surface area contributed by atoms with E-state index in [0.717, 1.165) is 56.9 Å². The number of anilines is 1. The summed E-state index contributed by atoms with van der Waals surface area (Å²) in [7, 11) is 0. The number of hydrogen-bond acceptors (Lipinski definition) is 3. The largest absolute Gasteiger partial charge is 0.370 e. The van der Waals surface area contributed by atoms with Crippen molar-refractivity contribution in [1.29, 1.82) is 0 Å². The summed E-state index contributed by atoms with van der Waals surface area (Å²) in [6.45, 7) is 4.20. The Hall–Kier alpha value is -2.01. The van der Waals surface area contributed by atoms with E-state index < -0.39 is 0 Å². The molecular formula is C25H28Cl2N4. The first-order chi connectivity index (χ1) is 15.2. The summed E-state index contributed by atoms with van der Waals surface area (Å²) >= 11 is 12.9. The lowest BCUT2D eigenvalue weighted by Gasteiger charge is -2.31. The predicted octanol–water partition coefficient (Wildman–Crippen LogP) is 6.31. The Morgan fingerprint density at radius 2 is 1.77 bits per heavy atom. The van der Waals surface area contributed by atoms with Crippen molar-refractivity contribution in [3.8, 4) is 5.69 Å². The van der Waals surface area contributed by atoms with Gasteiger partial charge in [0.05, 0.1) is 21.4 Å². The van der Waals surface area contributed by atoms with Gasteiger partial charge in [0.2, 0.25) is 0 Å². The second-order valence-electron chi connectivity index (χ2n) is 8.62. The van der Waals surface area contributed by atoms with Gasteiger partial charge in [0.1, 0.15) is 5.82 Å². The summed E-state index contributed by atoms with van der Waals surface area (Å²) < 4.78 is 2.00. The van der Waals surface area contributed by atoms with Crippen molar-refractivity contribution >= 4 is 29.0 Å². The van der Waals surface area contributed by atoms with Crippen LogP contribution in [-0.2, 0) is 13.0 Å². The number of nitrogens with one attached hydrogen (secondary N) is 1. The van der Waals surface area contributed by atoms with Crippen LogP contribution in [0.15, 0.2) is 48.5 Å². The minimum Gasteiger partial charge on any atom is -0.370 e. The topological polar surface area (TPSA) is 33.1 Å². The van der Waals surface area contributed by atoms with Gasteiger partial charge in [0, 0.05) is 24.6 Å². The Morgan fingerprint density at radius 3 is 2.58 bits per heavy atom. The number of hydrogen-bond donors (Lipinski definition) is 1. The summed E-state index contributed by atoms with van der Waals surface area (Å²) in [5.74, 6) is 1.59. The third kappa shape index (κ3) is 4.34. The number of likely N-dealkylation sites (tertiary alicyclic amines) is 1. The second kappa shape index (κ2) is 9.23. The summed E-state index contributed by atoms with van der Waals surface area (Å²) in [5, 5.41) is 9.88. The minimum absolute atomic E-state index is 0.486. The number of halogens is 2. The molecule has 0 radical (unpaired) electrons. The van der Waals surface area contributed by atoms with Crippen LogP contribution in [0.5, 0.6) is 0 Å². The van der Waals surface area contributed by atoms with E-state index in [1.807, 2.05) is 22.9 Å². The van der Waals surface area contributed by atoms with Gasteiger partial charge in [-0.15, -0.1) is 0 Å². The molecular weight excluding hydrogens is 427 g/mol. The first-order valence-electron chi connectivity index (χ1n) is 11.3. The maximum atomic E-state index is 6.57. The zero-order chi connectivity index (χ0) is 21.2. The number of fused-ring (bicyclic) bond motifs is 1. The highest BCUT2D eigenvalue weighted by Crippen LogP contribution is 2.38. The summed E-state index contributed by atoms with van der Waals surface area (Å²) in [4.78, 5) is 2.56. The van der Waals surface area contributed by atoms with Crippen LogP contribution in [0.25, 0.3) is 5.69 Å². The molecule has 6 heteroatoms. The van der Waals surface area contributed by atoms with Crippen LogP contribution in [0.4, 0.5) is 5.82 Å². The zero-order valence-electron chi connectivity index (χ0n) is 17.7. The normalized spacial score (nSPS) is 17.7. The summed E-state index contributed by atoms with van der Waals surface area (Å²) in [6.07, 6.45) is 5.71. The second-order valence-corrected chi connectivity index (χ2v) is 9.40. The SMILES string of the molecule is Clc1cccc(-n2nc(C3CCN(Cc4ccccc4)CC3)c3c2NCCCC3)c1Cl. The Kier molecular flexibility index (Phi) is 6.22. The summed E-state index contributed by atoms with van der Waals surface area (Å²) in [5.41, 5.74) is 4.86. The molecule has 162 valence electrons. The van der Waals surface area contributed by atoms with Crippen LogP contribution in [0.3, 0.4) is 0 Å². The van der Waals surface area contributed by atoms with Crippen LogP contribution in [0.2, 0.25) is 10.0 Å². The Balaban J connectivity index is 1.41. The molecule has 31 heavy (non-hydrogen) atoms. The molecule has 2 aliphatic heterocycles. The lowest BCUT2D eigenvalue weighted by atomic mass is 9.90. The number of piperidine rings is 1. The molecule has 2 aromatic carbocycles. The first kappa shape index (κ1) is 20.9. The van der Waals surface area contributed by atoms with E-state index in [0.29, 0.717) is 16.0 Å². The van der Waals surface area contributed by atoms with E-state index in [2.05, 4.69) is 40.5 Å². The van der Waals surface area contributed by atoms with Gasteiger partial charge < -0.3 is 5.32 Å². The van der Waals surface area contributed by atoms with Gasteiger partial charge in [-0.1, -0.05) is 59.6 Å². The molecule has 0 unspecified atom stereocenters. The fourth-order valence-electron chi connectivity index (χ4n) is 4.89. The third-order valence-electron chi connectivity index (χ3n) is 6.54. The van der Waals surface area contributed by atoms with Gasteiger partial charge in [0.15, 0.2) is 0 Å². The zero-order valence-corrected chi connectivity index (χ0v) is 19.2. The maximum Gasteiger partial charge on any atom is 0.133 e. The molecule has 0 bridgehead atoms. The molecule has 4 nitrogen and oxygen atoms in total. The van der Waals surface area contributed by atoms with Gasteiger partial charge in [-0.05, 0) is 62.9 Å². The smallest absolute Gasteiger partial charge is 0.133 e. The quantitative estimate of drug-likeness (QED) is 0.501. The van der Waals surface area contributed by atoms with Crippen molar-refractivity contribution in [3.05, 3.63) is 75.4 Å². The molecule has 0 amide bonds. The fraction of sp³-hybridized carbons (Fsp3) is 0.400. The van der Waals surface area contributed by atoms with Crippen molar-refractivity contribution < 1.29 is 0 Å². The highest BCUT2D eigenvalue weighted by atomic mass is 35.5. The molecule has 0 atom stereocenters. The molecule has 1 aromatic heterocycles. The number of rotatable bonds is 4. The molecule has 1 saturated heterocycles. The molecule has 3 aromatic rings. The van der Waals surface area contributed by atoms with E-state index in [1.54, 1.807) is 0 Å². The Morgan fingerprint density at radius 1 is 0.968 bits per heavy atom. The molecule has 5 rings (SSSR count). The Labute approximate surface area is 194 Å². The predicted molar refractivity (Wildman–Crippen MR) is 129 cm³/mol. The van der Waals surface area contributed by atoms with Crippen molar-refractivity contribution in [3.63, 3.8) is 0 Å². The molecule has 0 spiro atoms. The van der Waals surface area contributed by atoms with Crippen LogP contribution in [-0.4, -0.2) is 34.3 Å². The highest BCUT2D eigenvalue weighted by Gasteiger charge is 2.29. The maximum absolute atomic E-state index is 6.57. The monoisotopic (exact) mass is 454 g/mol. The van der Waals surface area contributed by atoms with Crippen LogP contribution in [0.1, 0.15) is 48.4 Å². The van der Waals surface area contributed by atoms with E-state index in [-0.39, 0.29) is 0 Å². The highest BCUT2D eigenvalue weighted by molar-refractivity contribution is 6.43. The average molecular weight is 455 g/mol. The first-order valence-corrected chi connectivity index (χ1v) is 12.0. The molecule has 0 saturated carbocycles. The molecule has 3 heterocycles. The van der Waals surface area contributed by atoms with E-state index >= 15 is 0 Å². The van der Waals surface area contributed by atoms with Gasteiger partial charge in [-0.3, -0.25) is 4.90 Å². The van der Waals surface area contributed by atoms with Crippen LogP contribution < -0.4 is 5.32 Å².